The highest BCUT2D eigenvalue weighted by atomic mass is 35.5. The van der Waals surface area contributed by atoms with Crippen LogP contribution in [0.25, 0.3) is 0 Å². The summed E-state index contributed by atoms with van der Waals surface area (Å²) in [7, 11) is -4.21. The van der Waals surface area contributed by atoms with Crippen molar-refractivity contribution in [1.29, 1.82) is 0 Å². The SMILES string of the molecule is Cc1ccc(S(=O)(=O)N(CC(=O)N(Cc2ccccc2C)C(Cc2ccccc2)C(=O)NC(C)(C)C)c2ccc(Cl)cc2C)cc1. The number of anilines is 1. The summed E-state index contributed by atoms with van der Waals surface area (Å²) in [6.07, 6.45) is 0.241. The minimum atomic E-state index is -4.21. The number of aryl methyl sites for hydroxylation is 3. The molecule has 4 rings (SSSR count). The summed E-state index contributed by atoms with van der Waals surface area (Å²) >= 11 is 6.25. The molecule has 0 saturated heterocycles. The highest BCUT2D eigenvalue weighted by Gasteiger charge is 2.36. The van der Waals surface area contributed by atoms with E-state index in [0.717, 1.165) is 26.6 Å². The normalized spacial score (nSPS) is 12.3. The fourth-order valence-electron chi connectivity index (χ4n) is 5.23. The van der Waals surface area contributed by atoms with Gasteiger partial charge in [-0.1, -0.05) is 83.9 Å². The van der Waals surface area contributed by atoms with Crippen LogP contribution in [0.5, 0.6) is 0 Å². The summed E-state index contributed by atoms with van der Waals surface area (Å²) in [4.78, 5) is 30.3. The van der Waals surface area contributed by atoms with Gasteiger partial charge in [0.25, 0.3) is 10.0 Å². The molecule has 0 aromatic heterocycles. The first-order valence-corrected chi connectivity index (χ1v) is 17.0. The molecule has 4 aromatic rings. The average molecular weight is 660 g/mol. The van der Waals surface area contributed by atoms with E-state index in [2.05, 4.69) is 5.32 Å². The molecule has 242 valence electrons. The number of carbonyl (C=O) groups is 2. The van der Waals surface area contributed by atoms with Crippen molar-refractivity contribution in [2.24, 2.45) is 0 Å². The topological polar surface area (TPSA) is 86.8 Å². The van der Waals surface area contributed by atoms with E-state index in [1.165, 1.54) is 17.0 Å². The molecule has 0 radical (unpaired) electrons. The maximum atomic E-state index is 14.7. The molecule has 9 heteroatoms. The van der Waals surface area contributed by atoms with Crippen molar-refractivity contribution in [3.8, 4) is 0 Å². The second-order valence-corrected chi connectivity index (χ2v) is 14.9. The van der Waals surface area contributed by atoms with Gasteiger partial charge in [-0.2, -0.15) is 0 Å². The number of hydrogen-bond acceptors (Lipinski definition) is 4. The Morgan fingerprint density at radius 2 is 1.46 bits per heavy atom. The fourth-order valence-corrected chi connectivity index (χ4v) is 6.93. The van der Waals surface area contributed by atoms with Gasteiger partial charge in [0.05, 0.1) is 10.6 Å². The van der Waals surface area contributed by atoms with Crippen molar-refractivity contribution >= 4 is 39.1 Å². The van der Waals surface area contributed by atoms with E-state index in [1.54, 1.807) is 37.3 Å². The lowest BCUT2D eigenvalue weighted by molar-refractivity contribution is -0.140. The van der Waals surface area contributed by atoms with Gasteiger partial charge in [-0.05, 0) is 94.1 Å². The molecular formula is C37H42ClN3O4S. The van der Waals surface area contributed by atoms with Gasteiger partial charge in [0.2, 0.25) is 11.8 Å². The van der Waals surface area contributed by atoms with Crippen molar-refractivity contribution < 1.29 is 18.0 Å². The van der Waals surface area contributed by atoms with Crippen molar-refractivity contribution in [1.82, 2.24) is 10.2 Å². The van der Waals surface area contributed by atoms with Crippen molar-refractivity contribution in [2.45, 2.75) is 71.0 Å². The standard InChI is InChI=1S/C37H42ClN3O4S/c1-26-16-19-32(20-17-26)46(44,45)41(33-21-18-31(38)22-28(33)3)25-35(42)40(24-30-15-11-10-12-27(30)2)34(36(43)39-37(4,5)6)23-29-13-8-7-9-14-29/h7-22,34H,23-25H2,1-6H3,(H,39,43). The van der Waals surface area contributed by atoms with Crippen molar-refractivity contribution in [3.63, 3.8) is 0 Å². The van der Waals surface area contributed by atoms with Crippen LogP contribution in [0.4, 0.5) is 5.69 Å². The Hall–Kier alpha value is -4.14. The first-order chi connectivity index (χ1) is 21.7. The van der Waals surface area contributed by atoms with Crippen LogP contribution < -0.4 is 9.62 Å². The van der Waals surface area contributed by atoms with Crippen molar-refractivity contribution in [2.75, 3.05) is 10.8 Å². The Kier molecular flexibility index (Phi) is 11.0. The molecule has 4 aromatic carbocycles. The predicted octanol–water partition coefficient (Wildman–Crippen LogP) is 7.02. The van der Waals surface area contributed by atoms with Gasteiger partial charge in [0, 0.05) is 23.5 Å². The number of carbonyl (C=O) groups excluding carboxylic acids is 2. The summed E-state index contributed by atoms with van der Waals surface area (Å²) in [5, 5.41) is 3.51. The lowest BCUT2D eigenvalue weighted by Crippen LogP contribution is -2.56. The Bertz CT molecular complexity index is 1790. The zero-order chi connectivity index (χ0) is 33.6. The first-order valence-electron chi connectivity index (χ1n) is 15.2. The third kappa shape index (κ3) is 8.77. The number of amides is 2. The number of nitrogens with zero attached hydrogens (tertiary/aromatic N) is 2. The quantitative estimate of drug-likeness (QED) is 0.188. The molecule has 0 aliphatic rings. The van der Waals surface area contributed by atoms with Crippen LogP contribution in [0, 0.1) is 20.8 Å². The lowest BCUT2D eigenvalue weighted by atomic mass is 10.00. The second-order valence-electron chi connectivity index (χ2n) is 12.6. The van der Waals surface area contributed by atoms with Gasteiger partial charge < -0.3 is 10.2 Å². The van der Waals surface area contributed by atoms with E-state index in [0.29, 0.717) is 16.3 Å². The van der Waals surface area contributed by atoms with Crippen LogP contribution in [0.1, 0.15) is 48.6 Å². The molecule has 0 spiro atoms. The zero-order valence-electron chi connectivity index (χ0n) is 27.2. The molecule has 0 aliphatic carbocycles. The number of benzene rings is 4. The maximum absolute atomic E-state index is 14.7. The summed E-state index contributed by atoms with van der Waals surface area (Å²) in [5.41, 5.74) is 3.94. The number of nitrogens with one attached hydrogen (secondary N) is 1. The van der Waals surface area contributed by atoms with Crippen LogP contribution >= 0.6 is 11.6 Å². The predicted molar refractivity (Wildman–Crippen MR) is 185 cm³/mol. The molecule has 46 heavy (non-hydrogen) atoms. The molecule has 2 amide bonds. The summed E-state index contributed by atoms with van der Waals surface area (Å²) in [6.45, 7) is 10.8. The molecule has 0 bridgehead atoms. The lowest BCUT2D eigenvalue weighted by Gasteiger charge is -2.36. The number of hydrogen-bond donors (Lipinski definition) is 1. The van der Waals surface area contributed by atoms with E-state index in [-0.39, 0.29) is 23.8 Å². The van der Waals surface area contributed by atoms with Gasteiger partial charge in [-0.3, -0.25) is 13.9 Å². The minimum absolute atomic E-state index is 0.0528. The molecule has 0 heterocycles. The maximum Gasteiger partial charge on any atom is 0.264 e. The third-order valence-electron chi connectivity index (χ3n) is 7.69. The van der Waals surface area contributed by atoms with Crippen molar-refractivity contribution in [3.05, 3.63) is 130 Å². The van der Waals surface area contributed by atoms with Gasteiger partial charge in [-0.15, -0.1) is 0 Å². The van der Waals surface area contributed by atoms with E-state index < -0.39 is 34.1 Å². The molecule has 0 fully saturated rings. The van der Waals surface area contributed by atoms with Crippen LogP contribution in [0.3, 0.4) is 0 Å². The summed E-state index contributed by atoms with van der Waals surface area (Å²) < 4.78 is 29.7. The van der Waals surface area contributed by atoms with Crippen LogP contribution in [0.2, 0.25) is 5.02 Å². The van der Waals surface area contributed by atoms with Gasteiger partial charge in [-0.25, -0.2) is 8.42 Å². The highest BCUT2D eigenvalue weighted by Crippen LogP contribution is 2.30. The fraction of sp³-hybridized carbons (Fsp3) is 0.297. The molecule has 0 saturated carbocycles. The minimum Gasteiger partial charge on any atom is -0.350 e. The number of sulfonamides is 1. The molecule has 1 atom stereocenters. The van der Waals surface area contributed by atoms with E-state index in [4.69, 9.17) is 11.6 Å². The van der Waals surface area contributed by atoms with Gasteiger partial charge in [0.15, 0.2) is 0 Å². The second kappa shape index (κ2) is 14.5. The molecule has 7 nitrogen and oxygen atoms in total. The Labute approximate surface area is 278 Å². The van der Waals surface area contributed by atoms with Gasteiger partial charge in [0.1, 0.15) is 12.6 Å². The van der Waals surface area contributed by atoms with E-state index >= 15 is 0 Å². The smallest absolute Gasteiger partial charge is 0.264 e. The number of rotatable bonds is 11. The zero-order valence-corrected chi connectivity index (χ0v) is 28.8. The largest absolute Gasteiger partial charge is 0.350 e. The van der Waals surface area contributed by atoms with Crippen LogP contribution in [-0.2, 0) is 32.6 Å². The van der Waals surface area contributed by atoms with Gasteiger partial charge >= 0.3 is 0 Å². The monoisotopic (exact) mass is 659 g/mol. The van der Waals surface area contributed by atoms with Crippen LogP contribution in [-0.4, -0.2) is 43.3 Å². The van der Waals surface area contributed by atoms with E-state index in [9.17, 15) is 18.0 Å². The van der Waals surface area contributed by atoms with Crippen LogP contribution in [0.15, 0.2) is 102 Å². The van der Waals surface area contributed by atoms with E-state index in [1.807, 2.05) is 89.2 Å². The average Bonchev–Trinajstić information content (AvgIpc) is 2.98. The Morgan fingerprint density at radius 1 is 0.826 bits per heavy atom. The molecular weight excluding hydrogens is 618 g/mol. The summed E-state index contributed by atoms with van der Waals surface area (Å²) in [6, 6.07) is 27.6. The summed E-state index contributed by atoms with van der Waals surface area (Å²) in [5.74, 6) is -0.841. The molecule has 0 aliphatic heterocycles. The highest BCUT2D eigenvalue weighted by molar-refractivity contribution is 7.92. The first kappa shape index (κ1) is 34.7. The molecule has 1 unspecified atom stereocenters. The molecule has 1 N–H and O–H groups in total. The Balaban J connectivity index is 1.85. The Morgan fingerprint density at radius 3 is 2.07 bits per heavy atom. The number of halogens is 1. The third-order valence-corrected chi connectivity index (χ3v) is 9.70.